The largest absolute Gasteiger partial charge is 0.462 e. The molecule has 0 saturated carbocycles. The maximum atomic E-state index is 5.75. The SMILES string of the molecule is COCCCOCc1cc(C)c(CNC(C)C)o1. The molecule has 1 heterocycles. The smallest absolute Gasteiger partial charge is 0.130 e. The summed E-state index contributed by atoms with van der Waals surface area (Å²) in [5.74, 6) is 1.89. The van der Waals surface area contributed by atoms with Crippen molar-refractivity contribution < 1.29 is 13.9 Å². The van der Waals surface area contributed by atoms with Crippen molar-refractivity contribution in [3.8, 4) is 0 Å². The van der Waals surface area contributed by atoms with E-state index in [1.54, 1.807) is 7.11 Å². The van der Waals surface area contributed by atoms with Crippen LogP contribution in [-0.2, 0) is 22.6 Å². The van der Waals surface area contributed by atoms with Crippen molar-refractivity contribution in [3.05, 3.63) is 23.2 Å². The zero-order chi connectivity index (χ0) is 13.4. The van der Waals surface area contributed by atoms with E-state index < -0.39 is 0 Å². The summed E-state index contributed by atoms with van der Waals surface area (Å²) in [7, 11) is 1.70. The van der Waals surface area contributed by atoms with Gasteiger partial charge in [-0.3, -0.25) is 0 Å². The fraction of sp³-hybridized carbons (Fsp3) is 0.714. The Morgan fingerprint density at radius 3 is 2.78 bits per heavy atom. The highest BCUT2D eigenvalue weighted by Gasteiger charge is 2.08. The molecule has 1 rings (SSSR count). The van der Waals surface area contributed by atoms with Crippen LogP contribution >= 0.6 is 0 Å². The number of furan rings is 1. The van der Waals surface area contributed by atoms with Crippen molar-refractivity contribution in [2.24, 2.45) is 0 Å². The molecule has 0 aromatic carbocycles. The van der Waals surface area contributed by atoms with E-state index >= 15 is 0 Å². The second kappa shape index (κ2) is 8.29. The number of hydrogen-bond acceptors (Lipinski definition) is 4. The third-order valence-electron chi connectivity index (χ3n) is 2.62. The summed E-state index contributed by atoms with van der Waals surface area (Å²) >= 11 is 0. The highest BCUT2D eigenvalue weighted by Crippen LogP contribution is 2.15. The Hall–Kier alpha value is -0.840. The van der Waals surface area contributed by atoms with Crippen molar-refractivity contribution in [2.45, 2.75) is 46.4 Å². The van der Waals surface area contributed by atoms with Crippen molar-refractivity contribution >= 4 is 0 Å². The lowest BCUT2D eigenvalue weighted by atomic mass is 10.2. The normalized spacial score (nSPS) is 11.4. The Morgan fingerprint density at radius 1 is 1.33 bits per heavy atom. The molecule has 0 spiro atoms. The molecule has 104 valence electrons. The van der Waals surface area contributed by atoms with E-state index in [1.807, 2.05) is 6.07 Å². The highest BCUT2D eigenvalue weighted by molar-refractivity contribution is 5.19. The number of rotatable bonds is 9. The van der Waals surface area contributed by atoms with Gasteiger partial charge in [-0.05, 0) is 25.0 Å². The van der Waals surface area contributed by atoms with Gasteiger partial charge in [0, 0.05) is 26.4 Å². The number of ether oxygens (including phenoxy) is 2. The molecule has 0 amide bonds. The minimum Gasteiger partial charge on any atom is -0.462 e. The summed E-state index contributed by atoms with van der Waals surface area (Å²) in [6.45, 7) is 9.05. The second-order valence-corrected chi connectivity index (χ2v) is 4.75. The van der Waals surface area contributed by atoms with Crippen LogP contribution in [0.4, 0.5) is 0 Å². The van der Waals surface area contributed by atoms with Gasteiger partial charge in [-0.1, -0.05) is 13.8 Å². The van der Waals surface area contributed by atoms with E-state index in [0.717, 1.165) is 31.1 Å². The molecule has 0 fully saturated rings. The third kappa shape index (κ3) is 5.67. The van der Waals surface area contributed by atoms with Crippen molar-refractivity contribution in [3.63, 3.8) is 0 Å². The molecule has 18 heavy (non-hydrogen) atoms. The van der Waals surface area contributed by atoms with E-state index in [2.05, 4.69) is 26.1 Å². The molecule has 1 N–H and O–H groups in total. The van der Waals surface area contributed by atoms with E-state index in [1.165, 1.54) is 5.56 Å². The molecule has 0 radical (unpaired) electrons. The van der Waals surface area contributed by atoms with Gasteiger partial charge in [0.1, 0.15) is 18.1 Å². The van der Waals surface area contributed by atoms with Gasteiger partial charge in [-0.15, -0.1) is 0 Å². The predicted molar refractivity (Wildman–Crippen MR) is 71.6 cm³/mol. The van der Waals surface area contributed by atoms with Crippen molar-refractivity contribution in [2.75, 3.05) is 20.3 Å². The predicted octanol–water partition coefficient (Wildman–Crippen LogP) is 2.64. The van der Waals surface area contributed by atoms with Gasteiger partial charge in [0.2, 0.25) is 0 Å². The molecule has 0 unspecified atom stereocenters. The van der Waals surface area contributed by atoms with Crippen molar-refractivity contribution in [1.82, 2.24) is 5.32 Å². The molecule has 0 atom stereocenters. The Labute approximate surface area is 110 Å². The molecule has 0 aliphatic rings. The first-order chi connectivity index (χ1) is 8.63. The summed E-state index contributed by atoms with van der Waals surface area (Å²) in [5.41, 5.74) is 1.18. The molecular formula is C14H25NO3. The van der Waals surface area contributed by atoms with Gasteiger partial charge >= 0.3 is 0 Å². The maximum Gasteiger partial charge on any atom is 0.130 e. The molecule has 1 aromatic heterocycles. The summed E-state index contributed by atoms with van der Waals surface area (Å²) in [5, 5.41) is 3.35. The number of nitrogens with one attached hydrogen (secondary N) is 1. The fourth-order valence-corrected chi connectivity index (χ4v) is 1.61. The Balaban J connectivity index is 2.31. The monoisotopic (exact) mass is 255 g/mol. The Bertz CT molecular complexity index is 334. The average Bonchev–Trinajstić information content (AvgIpc) is 2.67. The quantitative estimate of drug-likeness (QED) is 0.689. The number of hydrogen-bond donors (Lipinski definition) is 1. The van der Waals surface area contributed by atoms with E-state index in [4.69, 9.17) is 13.9 Å². The van der Waals surface area contributed by atoms with Gasteiger partial charge in [-0.25, -0.2) is 0 Å². The molecular weight excluding hydrogens is 230 g/mol. The lowest BCUT2D eigenvalue weighted by Gasteiger charge is -2.06. The van der Waals surface area contributed by atoms with Crippen LogP contribution in [0.25, 0.3) is 0 Å². The Kier molecular flexibility index (Phi) is 7.01. The third-order valence-corrected chi connectivity index (χ3v) is 2.62. The Morgan fingerprint density at radius 2 is 2.11 bits per heavy atom. The van der Waals surface area contributed by atoms with Gasteiger partial charge in [0.15, 0.2) is 0 Å². The first kappa shape index (κ1) is 15.2. The molecule has 1 aromatic rings. The zero-order valence-corrected chi connectivity index (χ0v) is 11.9. The molecule has 4 nitrogen and oxygen atoms in total. The van der Waals surface area contributed by atoms with Gasteiger partial charge in [0.25, 0.3) is 0 Å². The standard InChI is InChI=1S/C14H25NO3/c1-11(2)15-9-14-12(3)8-13(18-14)10-17-7-5-6-16-4/h8,11,15H,5-7,9-10H2,1-4H3. The van der Waals surface area contributed by atoms with Crippen molar-refractivity contribution in [1.29, 1.82) is 0 Å². The number of aryl methyl sites for hydroxylation is 1. The van der Waals surface area contributed by atoms with E-state index in [9.17, 15) is 0 Å². The molecule has 0 bridgehead atoms. The summed E-state index contributed by atoms with van der Waals surface area (Å²) in [6, 6.07) is 2.51. The number of methoxy groups -OCH3 is 1. The second-order valence-electron chi connectivity index (χ2n) is 4.75. The minimum atomic E-state index is 0.461. The lowest BCUT2D eigenvalue weighted by molar-refractivity contribution is 0.0820. The summed E-state index contributed by atoms with van der Waals surface area (Å²) in [6.07, 6.45) is 0.915. The molecule has 4 heteroatoms. The van der Waals surface area contributed by atoms with Crippen LogP contribution in [-0.4, -0.2) is 26.4 Å². The maximum absolute atomic E-state index is 5.75. The van der Waals surface area contributed by atoms with Crippen LogP contribution in [0.15, 0.2) is 10.5 Å². The summed E-state index contributed by atoms with van der Waals surface area (Å²) < 4.78 is 16.2. The van der Waals surface area contributed by atoms with Crippen LogP contribution in [0.3, 0.4) is 0 Å². The lowest BCUT2D eigenvalue weighted by Crippen LogP contribution is -2.21. The van der Waals surface area contributed by atoms with Crippen LogP contribution in [0.5, 0.6) is 0 Å². The summed E-state index contributed by atoms with van der Waals surface area (Å²) in [4.78, 5) is 0. The van der Waals surface area contributed by atoms with E-state index in [0.29, 0.717) is 19.3 Å². The fourth-order valence-electron chi connectivity index (χ4n) is 1.61. The van der Waals surface area contributed by atoms with Crippen LogP contribution in [0.1, 0.15) is 37.4 Å². The molecule has 0 aliphatic heterocycles. The highest BCUT2D eigenvalue weighted by atomic mass is 16.5. The van der Waals surface area contributed by atoms with Gasteiger partial charge in [0.05, 0.1) is 6.54 Å². The van der Waals surface area contributed by atoms with Gasteiger partial charge in [-0.2, -0.15) is 0 Å². The van der Waals surface area contributed by atoms with Gasteiger partial charge < -0.3 is 19.2 Å². The van der Waals surface area contributed by atoms with Crippen LogP contribution in [0.2, 0.25) is 0 Å². The zero-order valence-electron chi connectivity index (χ0n) is 11.9. The average molecular weight is 255 g/mol. The van der Waals surface area contributed by atoms with E-state index in [-0.39, 0.29) is 0 Å². The van der Waals surface area contributed by atoms with Crippen LogP contribution < -0.4 is 5.32 Å². The molecule has 0 aliphatic carbocycles. The first-order valence-electron chi connectivity index (χ1n) is 6.51. The minimum absolute atomic E-state index is 0.461. The molecule has 0 saturated heterocycles. The van der Waals surface area contributed by atoms with Crippen LogP contribution in [0, 0.1) is 6.92 Å². The topological polar surface area (TPSA) is 43.6 Å². The first-order valence-corrected chi connectivity index (χ1v) is 6.51.